The molecule has 0 radical (unpaired) electrons. The normalized spacial score (nSPS) is 23.3. The Morgan fingerprint density at radius 3 is 2.62 bits per heavy atom. The van der Waals surface area contributed by atoms with E-state index >= 15 is 0 Å². The second-order valence-electron chi connectivity index (χ2n) is 6.43. The summed E-state index contributed by atoms with van der Waals surface area (Å²) in [5, 5.41) is 12.7. The van der Waals surface area contributed by atoms with Crippen LogP contribution in [0.1, 0.15) is 18.4 Å². The Kier molecular flexibility index (Phi) is 5.09. The smallest absolute Gasteiger partial charge is 0.309 e. The minimum absolute atomic E-state index is 0.00214. The van der Waals surface area contributed by atoms with Gasteiger partial charge in [0.2, 0.25) is 0 Å². The molecular weight excluding hydrogens is 380 g/mol. The van der Waals surface area contributed by atoms with Gasteiger partial charge >= 0.3 is 5.97 Å². The number of halogens is 1. The van der Waals surface area contributed by atoms with Crippen LogP contribution in [0.25, 0.3) is 5.69 Å². The predicted octanol–water partition coefficient (Wildman–Crippen LogP) is 2.49. The van der Waals surface area contributed by atoms with E-state index in [1.54, 1.807) is 23.1 Å². The van der Waals surface area contributed by atoms with E-state index in [0.717, 1.165) is 5.56 Å². The summed E-state index contributed by atoms with van der Waals surface area (Å²) in [4.78, 5) is 11.3. The lowest BCUT2D eigenvalue weighted by molar-refractivity contribution is -0.145. The average molecular weight is 399 g/mol. The van der Waals surface area contributed by atoms with Crippen LogP contribution in [-0.2, 0) is 19.4 Å². The molecular formula is C17H19ClN2O5S. The summed E-state index contributed by atoms with van der Waals surface area (Å²) in [7, 11) is -2.39. The van der Waals surface area contributed by atoms with E-state index in [0.29, 0.717) is 5.69 Å². The third-order valence-corrected chi connectivity index (χ3v) is 7.37. The lowest BCUT2D eigenvalue weighted by Crippen LogP contribution is -2.24. The zero-order valence-electron chi connectivity index (χ0n) is 14.3. The van der Waals surface area contributed by atoms with Gasteiger partial charge in [0.05, 0.1) is 39.1 Å². The predicted molar refractivity (Wildman–Crippen MR) is 95.4 cm³/mol. The van der Waals surface area contributed by atoms with Crippen LogP contribution in [0.4, 0.5) is 0 Å². The van der Waals surface area contributed by atoms with Crippen LogP contribution in [0.3, 0.4) is 0 Å². The van der Waals surface area contributed by atoms with Crippen LogP contribution >= 0.6 is 11.6 Å². The van der Waals surface area contributed by atoms with Crippen LogP contribution < -0.4 is 0 Å². The van der Waals surface area contributed by atoms with Gasteiger partial charge in [-0.2, -0.15) is 5.10 Å². The van der Waals surface area contributed by atoms with Crippen molar-refractivity contribution in [2.24, 2.45) is 5.92 Å². The Morgan fingerprint density at radius 1 is 1.38 bits per heavy atom. The Hall–Kier alpha value is -1.90. The number of aryl methyl sites for hydroxylation is 1. The molecule has 3 rings (SSSR count). The number of benzene rings is 1. The molecule has 1 N–H and O–H groups in total. The van der Waals surface area contributed by atoms with Gasteiger partial charge in [-0.25, -0.2) is 13.1 Å². The third-order valence-electron chi connectivity index (χ3n) is 4.72. The van der Waals surface area contributed by atoms with E-state index in [9.17, 15) is 18.3 Å². The summed E-state index contributed by atoms with van der Waals surface area (Å²) in [6, 6.07) is 4.61. The molecule has 0 bridgehead atoms. The molecule has 7 nitrogen and oxygen atoms in total. The van der Waals surface area contributed by atoms with Crippen molar-refractivity contribution in [1.82, 2.24) is 9.78 Å². The number of nitrogens with zero attached hydrogens (tertiary/aromatic N) is 2. The first-order valence-corrected chi connectivity index (χ1v) is 9.97. The van der Waals surface area contributed by atoms with Crippen molar-refractivity contribution in [3.05, 3.63) is 41.2 Å². The number of carboxylic acids is 1. The number of aromatic nitrogens is 2. The highest BCUT2D eigenvalue weighted by Crippen LogP contribution is 2.38. The lowest BCUT2D eigenvalue weighted by atomic mass is 10.1. The summed E-state index contributed by atoms with van der Waals surface area (Å²) >= 11 is 6.25. The fourth-order valence-corrected chi connectivity index (χ4v) is 5.67. The second kappa shape index (κ2) is 7.02. The molecule has 0 amide bonds. The van der Waals surface area contributed by atoms with E-state index in [4.69, 9.17) is 16.3 Å². The summed E-state index contributed by atoms with van der Waals surface area (Å²) in [5.74, 6) is -1.89. The van der Waals surface area contributed by atoms with Crippen molar-refractivity contribution in [3.63, 3.8) is 0 Å². The highest BCUT2D eigenvalue weighted by atomic mass is 35.5. The van der Waals surface area contributed by atoms with E-state index < -0.39 is 33.1 Å². The molecule has 26 heavy (non-hydrogen) atoms. The molecule has 1 aliphatic rings. The van der Waals surface area contributed by atoms with Crippen LogP contribution in [0.15, 0.2) is 35.5 Å². The zero-order chi connectivity index (χ0) is 19.1. The number of carbonyl (C=O) groups is 1. The number of ether oxygens (including phenoxy) is 1. The van der Waals surface area contributed by atoms with Crippen molar-refractivity contribution in [2.75, 3.05) is 7.11 Å². The number of rotatable bonds is 5. The molecule has 1 heterocycles. The Bertz CT molecular complexity index is 940. The van der Waals surface area contributed by atoms with Crippen LogP contribution in [0.5, 0.6) is 0 Å². The fraction of sp³-hybridized carbons (Fsp3) is 0.412. The van der Waals surface area contributed by atoms with Crippen molar-refractivity contribution in [3.8, 4) is 5.69 Å². The van der Waals surface area contributed by atoms with Gasteiger partial charge in [0.25, 0.3) is 0 Å². The standard InChI is InChI=1S/C17H19ClN2O5S/c1-10-8-19-20(9-10)11-3-4-16(14(18)5-11)26(23,24)12-6-13(17(21)22)15(7-12)25-2/h3-5,8-9,12-13,15H,6-7H2,1-2H3,(H,21,22)/t12-,13-,15-/m0/s1. The van der Waals surface area contributed by atoms with E-state index in [2.05, 4.69) is 5.10 Å². The minimum Gasteiger partial charge on any atom is -0.481 e. The number of carboxylic acid groups (broad SMARTS) is 1. The zero-order valence-corrected chi connectivity index (χ0v) is 15.9. The topological polar surface area (TPSA) is 98.5 Å². The molecule has 1 aromatic heterocycles. The van der Waals surface area contributed by atoms with Gasteiger partial charge in [0.15, 0.2) is 9.84 Å². The summed E-state index contributed by atoms with van der Waals surface area (Å²) in [5.41, 5.74) is 1.61. The number of aliphatic carboxylic acids is 1. The van der Waals surface area contributed by atoms with Gasteiger partial charge in [0.1, 0.15) is 0 Å². The highest BCUT2D eigenvalue weighted by molar-refractivity contribution is 7.92. The van der Waals surface area contributed by atoms with Gasteiger partial charge < -0.3 is 9.84 Å². The van der Waals surface area contributed by atoms with Crippen molar-refractivity contribution in [1.29, 1.82) is 0 Å². The number of methoxy groups -OCH3 is 1. The summed E-state index contributed by atoms with van der Waals surface area (Å²) < 4.78 is 32.7. The molecule has 1 aliphatic carbocycles. The SMILES string of the molecule is CO[C@H]1C[C@@H](S(=O)(=O)c2ccc(-n3cc(C)cn3)cc2Cl)C[C@@H]1C(=O)O. The molecule has 1 aromatic carbocycles. The second-order valence-corrected chi connectivity index (χ2v) is 9.04. The van der Waals surface area contributed by atoms with Crippen molar-refractivity contribution >= 4 is 27.4 Å². The lowest BCUT2D eigenvalue weighted by Gasteiger charge is -2.14. The minimum atomic E-state index is -3.78. The first-order chi connectivity index (χ1) is 12.2. The molecule has 0 saturated heterocycles. The van der Waals surface area contributed by atoms with Gasteiger partial charge in [-0.05, 0) is 43.5 Å². The number of sulfone groups is 1. The van der Waals surface area contributed by atoms with Gasteiger partial charge in [-0.1, -0.05) is 11.6 Å². The van der Waals surface area contributed by atoms with E-state index in [1.165, 1.54) is 19.2 Å². The van der Waals surface area contributed by atoms with E-state index in [1.807, 2.05) is 6.92 Å². The quantitative estimate of drug-likeness (QED) is 0.830. The maximum absolute atomic E-state index is 13.0. The Labute approximate surface area is 156 Å². The molecule has 1 fully saturated rings. The maximum Gasteiger partial charge on any atom is 0.309 e. The number of hydrogen-bond acceptors (Lipinski definition) is 5. The molecule has 0 spiro atoms. The summed E-state index contributed by atoms with van der Waals surface area (Å²) in [6.07, 6.45) is 3.00. The van der Waals surface area contributed by atoms with Gasteiger partial charge in [-0.15, -0.1) is 0 Å². The van der Waals surface area contributed by atoms with E-state index in [-0.39, 0.29) is 22.8 Å². The van der Waals surface area contributed by atoms with Crippen LogP contribution in [0, 0.1) is 12.8 Å². The molecule has 3 atom stereocenters. The summed E-state index contributed by atoms with van der Waals surface area (Å²) in [6.45, 7) is 1.90. The van der Waals surface area contributed by atoms with Crippen molar-refractivity contribution < 1.29 is 23.1 Å². The van der Waals surface area contributed by atoms with Crippen molar-refractivity contribution in [2.45, 2.75) is 36.0 Å². The molecule has 2 aromatic rings. The molecule has 0 aliphatic heterocycles. The fourth-order valence-electron chi connectivity index (χ4n) is 3.32. The first kappa shape index (κ1) is 18.9. The monoisotopic (exact) mass is 398 g/mol. The third kappa shape index (κ3) is 3.36. The number of hydrogen-bond donors (Lipinski definition) is 1. The average Bonchev–Trinajstić information content (AvgIpc) is 3.21. The van der Waals surface area contributed by atoms with Gasteiger partial charge in [0, 0.05) is 13.3 Å². The first-order valence-electron chi connectivity index (χ1n) is 8.04. The largest absolute Gasteiger partial charge is 0.481 e. The van der Waals surface area contributed by atoms with Crippen LogP contribution in [-0.4, -0.2) is 47.7 Å². The molecule has 1 saturated carbocycles. The molecule has 140 valence electrons. The molecule has 9 heteroatoms. The van der Waals surface area contributed by atoms with Gasteiger partial charge in [-0.3, -0.25) is 4.79 Å². The Balaban J connectivity index is 1.91. The highest BCUT2D eigenvalue weighted by Gasteiger charge is 2.45. The molecule has 0 unspecified atom stereocenters. The maximum atomic E-state index is 13.0. The van der Waals surface area contributed by atoms with Crippen LogP contribution in [0.2, 0.25) is 5.02 Å². The Morgan fingerprint density at radius 2 is 2.12 bits per heavy atom.